The molecule has 1 saturated carbocycles. The Morgan fingerprint density at radius 1 is 1.53 bits per heavy atom. The van der Waals surface area contributed by atoms with Gasteiger partial charge in [-0.25, -0.2) is 0 Å². The SMILES string of the molecule is CS[C@H]1CC[C@H](Nc2ccc([N+](=O)[O-])c(C#N)c2)C1. The summed E-state index contributed by atoms with van der Waals surface area (Å²) in [7, 11) is 0. The molecule has 0 spiro atoms. The van der Waals surface area contributed by atoms with Gasteiger partial charge in [0, 0.05) is 23.0 Å². The molecular weight excluding hydrogens is 262 g/mol. The third-order valence-electron chi connectivity index (χ3n) is 3.40. The van der Waals surface area contributed by atoms with Crippen molar-refractivity contribution in [2.45, 2.75) is 30.6 Å². The number of hydrogen-bond acceptors (Lipinski definition) is 5. The zero-order valence-corrected chi connectivity index (χ0v) is 11.4. The highest BCUT2D eigenvalue weighted by Gasteiger charge is 2.24. The second-order valence-electron chi connectivity index (χ2n) is 4.61. The summed E-state index contributed by atoms with van der Waals surface area (Å²) in [4.78, 5) is 10.2. The molecule has 2 atom stereocenters. The van der Waals surface area contributed by atoms with Crippen LogP contribution in [0.2, 0.25) is 0 Å². The highest BCUT2D eigenvalue weighted by molar-refractivity contribution is 7.99. The van der Waals surface area contributed by atoms with Crippen LogP contribution in [0.15, 0.2) is 18.2 Å². The van der Waals surface area contributed by atoms with Crippen LogP contribution in [-0.2, 0) is 0 Å². The number of nitrogens with one attached hydrogen (secondary N) is 1. The molecular formula is C13H15N3O2S. The van der Waals surface area contributed by atoms with E-state index in [1.54, 1.807) is 12.1 Å². The minimum absolute atomic E-state index is 0.106. The van der Waals surface area contributed by atoms with Crippen molar-refractivity contribution < 1.29 is 4.92 Å². The second kappa shape index (κ2) is 5.93. The first-order valence-electron chi connectivity index (χ1n) is 6.12. The number of thioether (sulfide) groups is 1. The third-order valence-corrected chi connectivity index (χ3v) is 4.50. The monoisotopic (exact) mass is 277 g/mol. The second-order valence-corrected chi connectivity index (χ2v) is 5.75. The fraction of sp³-hybridized carbons (Fsp3) is 0.462. The Morgan fingerprint density at radius 2 is 2.32 bits per heavy atom. The van der Waals surface area contributed by atoms with E-state index in [1.165, 1.54) is 12.5 Å². The van der Waals surface area contributed by atoms with Gasteiger partial charge >= 0.3 is 0 Å². The van der Waals surface area contributed by atoms with Gasteiger partial charge in [-0.2, -0.15) is 17.0 Å². The summed E-state index contributed by atoms with van der Waals surface area (Å²) in [5, 5.41) is 23.7. The first-order chi connectivity index (χ1) is 9.13. The van der Waals surface area contributed by atoms with Crippen LogP contribution in [0.4, 0.5) is 11.4 Å². The average Bonchev–Trinajstić information content (AvgIpc) is 2.86. The van der Waals surface area contributed by atoms with Crippen LogP contribution >= 0.6 is 11.8 Å². The Bertz CT molecular complexity index is 527. The van der Waals surface area contributed by atoms with Gasteiger partial charge in [0.15, 0.2) is 0 Å². The van der Waals surface area contributed by atoms with Crippen molar-refractivity contribution >= 4 is 23.1 Å². The lowest BCUT2D eigenvalue weighted by Crippen LogP contribution is -2.16. The molecule has 0 aliphatic heterocycles. The van der Waals surface area contributed by atoms with E-state index in [-0.39, 0.29) is 11.3 Å². The minimum Gasteiger partial charge on any atom is -0.382 e. The average molecular weight is 277 g/mol. The molecule has 1 aromatic rings. The van der Waals surface area contributed by atoms with Crippen LogP contribution in [0, 0.1) is 21.4 Å². The van der Waals surface area contributed by atoms with E-state index in [0.717, 1.165) is 18.5 Å². The number of nitrogens with zero attached hydrogens (tertiary/aromatic N) is 2. The highest BCUT2D eigenvalue weighted by atomic mass is 32.2. The van der Waals surface area contributed by atoms with Crippen LogP contribution < -0.4 is 5.32 Å². The summed E-state index contributed by atoms with van der Waals surface area (Å²) >= 11 is 1.88. The fourth-order valence-electron chi connectivity index (χ4n) is 2.40. The summed E-state index contributed by atoms with van der Waals surface area (Å²) in [5.41, 5.74) is 0.754. The molecule has 1 fully saturated rings. The Labute approximate surface area is 116 Å². The molecule has 5 nitrogen and oxygen atoms in total. The van der Waals surface area contributed by atoms with Gasteiger partial charge in [0.05, 0.1) is 4.92 Å². The van der Waals surface area contributed by atoms with Crippen molar-refractivity contribution in [3.8, 4) is 6.07 Å². The summed E-state index contributed by atoms with van der Waals surface area (Å²) in [6, 6.07) is 6.89. The van der Waals surface area contributed by atoms with Gasteiger partial charge in [0.1, 0.15) is 11.6 Å². The van der Waals surface area contributed by atoms with Crippen LogP contribution in [0.5, 0.6) is 0 Å². The number of nitro groups is 1. The predicted octanol–water partition coefficient (Wildman–Crippen LogP) is 3.16. The fourth-order valence-corrected chi connectivity index (χ4v) is 3.19. The molecule has 0 bridgehead atoms. The molecule has 6 heteroatoms. The lowest BCUT2D eigenvalue weighted by Gasteiger charge is -2.14. The Kier molecular flexibility index (Phi) is 4.27. The third kappa shape index (κ3) is 3.18. The zero-order valence-electron chi connectivity index (χ0n) is 10.6. The summed E-state index contributed by atoms with van der Waals surface area (Å²) < 4.78 is 0. The summed E-state index contributed by atoms with van der Waals surface area (Å²) in [5.74, 6) is 0. The quantitative estimate of drug-likeness (QED) is 0.675. The maximum Gasteiger partial charge on any atom is 0.287 e. The van der Waals surface area contributed by atoms with E-state index in [9.17, 15) is 10.1 Å². The zero-order chi connectivity index (χ0) is 13.8. The van der Waals surface area contributed by atoms with Crippen LogP contribution in [0.1, 0.15) is 24.8 Å². The van der Waals surface area contributed by atoms with Gasteiger partial charge in [-0.05, 0) is 37.7 Å². The van der Waals surface area contributed by atoms with E-state index in [0.29, 0.717) is 11.3 Å². The van der Waals surface area contributed by atoms with Gasteiger partial charge < -0.3 is 5.32 Å². The summed E-state index contributed by atoms with van der Waals surface area (Å²) in [6.45, 7) is 0. The topological polar surface area (TPSA) is 79.0 Å². The Hall–Kier alpha value is -1.74. The number of nitro benzene ring substituents is 1. The molecule has 1 aliphatic carbocycles. The van der Waals surface area contributed by atoms with Crippen molar-refractivity contribution in [2.75, 3.05) is 11.6 Å². The smallest absolute Gasteiger partial charge is 0.287 e. The van der Waals surface area contributed by atoms with E-state index < -0.39 is 4.92 Å². The van der Waals surface area contributed by atoms with Gasteiger partial charge in [-0.3, -0.25) is 10.1 Å². The van der Waals surface area contributed by atoms with Crippen molar-refractivity contribution in [2.24, 2.45) is 0 Å². The maximum atomic E-state index is 10.7. The molecule has 0 radical (unpaired) electrons. The first kappa shape index (κ1) is 13.7. The lowest BCUT2D eigenvalue weighted by atomic mass is 10.1. The number of anilines is 1. The minimum atomic E-state index is -0.526. The summed E-state index contributed by atoms with van der Waals surface area (Å²) in [6.07, 6.45) is 5.51. The van der Waals surface area contributed by atoms with Crippen molar-refractivity contribution in [1.82, 2.24) is 0 Å². The number of benzene rings is 1. The largest absolute Gasteiger partial charge is 0.382 e. The molecule has 19 heavy (non-hydrogen) atoms. The Morgan fingerprint density at radius 3 is 2.89 bits per heavy atom. The number of rotatable bonds is 4. The van der Waals surface area contributed by atoms with Gasteiger partial charge in [-0.1, -0.05) is 0 Å². The van der Waals surface area contributed by atoms with Crippen molar-refractivity contribution in [1.29, 1.82) is 5.26 Å². The van der Waals surface area contributed by atoms with Crippen LogP contribution in [0.3, 0.4) is 0 Å². The molecule has 1 N–H and O–H groups in total. The molecule has 2 rings (SSSR count). The van der Waals surface area contributed by atoms with Gasteiger partial charge in [-0.15, -0.1) is 0 Å². The lowest BCUT2D eigenvalue weighted by molar-refractivity contribution is -0.385. The number of nitriles is 1. The van der Waals surface area contributed by atoms with E-state index in [2.05, 4.69) is 11.6 Å². The molecule has 1 aliphatic rings. The molecule has 100 valence electrons. The van der Waals surface area contributed by atoms with E-state index in [1.807, 2.05) is 17.8 Å². The normalized spacial score (nSPS) is 21.9. The Balaban J connectivity index is 2.10. The van der Waals surface area contributed by atoms with Gasteiger partial charge in [0.25, 0.3) is 5.69 Å². The van der Waals surface area contributed by atoms with E-state index in [4.69, 9.17) is 5.26 Å². The molecule has 1 aromatic carbocycles. The van der Waals surface area contributed by atoms with Crippen LogP contribution in [0.25, 0.3) is 0 Å². The first-order valence-corrected chi connectivity index (χ1v) is 7.40. The molecule has 0 unspecified atom stereocenters. The molecule has 0 saturated heterocycles. The van der Waals surface area contributed by atoms with E-state index >= 15 is 0 Å². The highest BCUT2D eigenvalue weighted by Crippen LogP contribution is 2.31. The molecule has 0 aromatic heterocycles. The van der Waals surface area contributed by atoms with Crippen LogP contribution in [-0.4, -0.2) is 22.5 Å². The molecule has 0 heterocycles. The van der Waals surface area contributed by atoms with Crippen molar-refractivity contribution in [3.05, 3.63) is 33.9 Å². The number of hydrogen-bond donors (Lipinski definition) is 1. The van der Waals surface area contributed by atoms with Crippen molar-refractivity contribution in [3.63, 3.8) is 0 Å². The molecule has 0 amide bonds. The van der Waals surface area contributed by atoms with Gasteiger partial charge in [0.2, 0.25) is 0 Å². The standard InChI is InChI=1S/C13H15N3O2S/c1-19-12-4-2-11(7-12)15-10-3-5-13(16(17)18)9(6-10)8-14/h3,5-6,11-12,15H,2,4,7H2,1H3/t11-,12-/m0/s1. The predicted molar refractivity (Wildman–Crippen MR) is 76.4 cm³/mol. The maximum absolute atomic E-state index is 10.7.